The van der Waals surface area contributed by atoms with Gasteiger partial charge in [-0.25, -0.2) is 4.39 Å². The van der Waals surface area contributed by atoms with Crippen LogP contribution in [0.1, 0.15) is 11.1 Å². The predicted molar refractivity (Wildman–Crippen MR) is 98.7 cm³/mol. The average Bonchev–Trinajstić information content (AvgIpc) is 2.64. The van der Waals surface area contributed by atoms with Gasteiger partial charge in [-0.15, -0.1) is 0 Å². The molecule has 2 aromatic carbocycles. The summed E-state index contributed by atoms with van der Waals surface area (Å²) in [5, 5.41) is 2.55. The molecule has 7 heteroatoms. The van der Waals surface area contributed by atoms with Crippen LogP contribution in [0.5, 0.6) is 5.75 Å². The molecule has 2 aromatic rings. The van der Waals surface area contributed by atoms with E-state index < -0.39 is 11.8 Å². The van der Waals surface area contributed by atoms with Gasteiger partial charge in [0.1, 0.15) is 23.7 Å². The van der Waals surface area contributed by atoms with Crippen molar-refractivity contribution in [1.29, 1.82) is 0 Å². The highest BCUT2D eigenvalue weighted by Gasteiger charge is 2.30. The Kier molecular flexibility index (Phi) is 5.09. The number of likely N-dealkylation sites (N-methyl/N-ethyl adjacent to an activating group) is 1. The monoisotopic (exact) mass is 370 g/mol. The molecule has 0 unspecified atom stereocenters. The number of hydrogen-bond acceptors (Lipinski definition) is 4. The molecule has 0 saturated carbocycles. The van der Waals surface area contributed by atoms with Crippen LogP contribution < -0.4 is 10.1 Å². The van der Waals surface area contributed by atoms with E-state index in [2.05, 4.69) is 5.32 Å². The minimum atomic E-state index is -0.519. The fourth-order valence-electron chi connectivity index (χ4n) is 2.32. The number of hydrogen-bond donors (Lipinski definition) is 1. The van der Waals surface area contributed by atoms with E-state index in [1.165, 1.54) is 30.2 Å². The van der Waals surface area contributed by atoms with Crippen molar-refractivity contribution in [3.63, 3.8) is 0 Å². The predicted octanol–water partition coefficient (Wildman–Crippen LogP) is 2.66. The van der Waals surface area contributed by atoms with Crippen LogP contribution in [0.4, 0.5) is 4.39 Å². The van der Waals surface area contributed by atoms with E-state index in [1.807, 2.05) is 0 Å². The van der Waals surface area contributed by atoms with Crippen LogP contribution in [0.25, 0.3) is 6.08 Å². The molecule has 1 fully saturated rings. The number of carbonyl (C=O) groups excluding carboxylic acids is 2. The quantitative estimate of drug-likeness (QED) is 0.511. The summed E-state index contributed by atoms with van der Waals surface area (Å²) in [6.45, 7) is 0.309. The third-order valence-electron chi connectivity index (χ3n) is 3.81. The van der Waals surface area contributed by atoms with Gasteiger partial charge >= 0.3 is 0 Å². The lowest BCUT2D eigenvalue weighted by Gasteiger charge is -2.25. The van der Waals surface area contributed by atoms with Gasteiger partial charge in [0.05, 0.1) is 0 Å². The molecule has 1 saturated heterocycles. The number of amides is 2. The van der Waals surface area contributed by atoms with Crippen molar-refractivity contribution in [2.24, 2.45) is 0 Å². The number of thiocarbonyl (C=S) groups is 1. The number of carbonyl (C=O) groups is 2. The van der Waals surface area contributed by atoms with Crippen LogP contribution in [0.3, 0.4) is 0 Å². The number of halogens is 1. The van der Waals surface area contributed by atoms with E-state index in [4.69, 9.17) is 17.0 Å². The summed E-state index contributed by atoms with van der Waals surface area (Å²) in [7, 11) is 1.50. The highest BCUT2D eigenvalue weighted by Crippen LogP contribution is 2.18. The molecule has 1 aliphatic heterocycles. The summed E-state index contributed by atoms with van der Waals surface area (Å²) < 4.78 is 18.5. The molecule has 1 aliphatic rings. The van der Waals surface area contributed by atoms with E-state index >= 15 is 0 Å². The fourth-order valence-corrected chi connectivity index (χ4v) is 2.50. The molecule has 0 atom stereocenters. The molecule has 1 N–H and O–H groups in total. The Labute approximate surface area is 155 Å². The van der Waals surface area contributed by atoms with Gasteiger partial charge in [0.25, 0.3) is 11.8 Å². The second-order valence-electron chi connectivity index (χ2n) is 5.67. The first-order chi connectivity index (χ1) is 12.4. The van der Waals surface area contributed by atoms with Crippen LogP contribution in [0.2, 0.25) is 0 Å². The second kappa shape index (κ2) is 7.45. The van der Waals surface area contributed by atoms with Crippen molar-refractivity contribution in [3.05, 3.63) is 71.0 Å². The van der Waals surface area contributed by atoms with Gasteiger partial charge in [0, 0.05) is 7.05 Å². The van der Waals surface area contributed by atoms with Crippen molar-refractivity contribution in [2.45, 2.75) is 6.61 Å². The Hall–Kier alpha value is -3.06. The topological polar surface area (TPSA) is 58.6 Å². The molecule has 5 nitrogen and oxygen atoms in total. The Balaban J connectivity index is 1.69. The first-order valence-electron chi connectivity index (χ1n) is 7.76. The molecule has 0 bridgehead atoms. The minimum Gasteiger partial charge on any atom is -0.489 e. The summed E-state index contributed by atoms with van der Waals surface area (Å²) in [6, 6.07) is 13.0. The lowest BCUT2D eigenvalue weighted by atomic mass is 10.1. The molecule has 0 aromatic heterocycles. The number of nitrogens with zero attached hydrogens (tertiary/aromatic N) is 1. The molecule has 0 aliphatic carbocycles. The third-order valence-corrected chi connectivity index (χ3v) is 4.19. The molecular formula is C19H15FN2O3S. The smallest absolute Gasteiger partial charge is 0.265 e. The highest BCUT2D eigenvalue weighted by atomic mass is 32.1. The van der Waals surface area contributed by atoms with E-state index in [0.717, 1.165) is 5.56 Å². The molecule has 1 heterocycles. The maximum atomic E-state index is 12.9. The Bertz CT molecular complexity index is 892. The standard InChI is InChI=1S/C19H15FN2O3S/c1-22-18(24)16(17(23)21-19(22)26)10-12-4-8-15(9-5-12)25-11-13-2-6-14(20)7-3-13/h2-10H,11H2,1H3,(H,21,23,26)/b16-10+. The van der Waals surface area contributed by atoms with Crippen LogP contribution in [-0.2, 0) is 16.2 Å². The van der Waals surface area contributed by atoms with Gasteiger partial charge in [-0.1, -0.05) is 24.3 Å². The zero-order valence-corrected chi connectivity index (χ0v) is 14.7. The lowest BCUT2D eigenvalue weighted by Crippen LogP contribution is -2.52. The van der Waals surface area contributed by atoms with Crippen LogP contribution in [0.15, 0.2) is 54.1 Å². The maximum absolute atomic E-state index is 12.9. The van der Waals surface area contributed by atoms with Gasteiger partial charge < -0.3 is 4.74 Å². The SMILES string of the molecule is CN1C(=O)/C(=C/c2ccc(OCc3ccc(F)cc3)cc2)C(=O)NC1=S. The Morgan fingerprint density at radius 2 is 1.77 bits per heavy atom. The zero-order chi connectivity index (χ0) is 18.7. The average molecular weight is 370 g/mol. The molecular weight excluding hydrogens is 355 g/mol. The zero-order valence-electron chi connectivity index (χ0n) is 13.9. The lowest BCUT2D eigenvalue weighted by molar-refractivity contribution is -0.128. The van der Waals surface area contributed by atoms with E-state index in [1.54, 1.807) is 36.4 Å². The summed E-state index contributed by atoms with van der Waals surface area (Å²) in [4.78, 5) is 25.3. The van der Waals surface area contributed by atoms with Gasteiger partial charge in [-0.3, -0.25) is 19.8 Å². The Morgan fingerprint density at radius 3 is 2.42 bits per heavy atom. The number of ether oxygens (including phenoxy) is 1. The Morgan fingerprint density at radius 1 is 1.12 bits per heavy atom. The normalized spacial score (nSPS) is 16.0. The fraction of sp³-hybridized carbons (Fsp3) is 0.105. The number of nitrogens with one attached hydrogen (secondary N) is 1. The van der Waals surface area contributed by atoms with Gasteiger partial charge in [0.15, 0.2) is 5.11 Å². The van der Waals surface area contributed by atoms with Gasteiger partial charge in [-0.2, -0.15) is 0 Å². The van der Waals surface area contributed by atoms with Gasteiger partial charge in [0.2, 0.25) is 0 Å². The summed E-state index contributed by atoms with van der Waals surface area (Å²) >= 11 is 4.90. The molecule has 2 amide bonds. The maximum Gasteiger partial charge on any atom is 0.265 e. The highest BCUT2D eigenvalue weighted by molar-refractivity contribution is 7.80. The van der Waals surface area contributed by atoms with Crippen molar-refractivity contribution >= 4 is 35.2 Å². The van der Waals surface area contributed by atoms with Gasteiger partial charge in [-0.05, 0) is 53.7 Å². The van der Waals surface area contributed by atoms with E-state index in [-0.39, 0.29) is 16.5 Å². The molecule has 0 radical (unpaired) electrons. The van der Waals surface area contributed by atoms with Crippen LogP contribution >= 0.6 is 12.2 Å². The van der Waals surface area contributed by atoms with Crippen molar-refractivity contribution < 1.29 is 18.7 Å². The first-order valence-corrected chi connectivity index (χ1v) is 8.17. The molecule has 0 spiro atoms. The molecule has 3 rings (SSSR count). The first kappa shape index (κ1) is 17.8. The van der Waals surface area contributed by atoms with Crippen LogP contribution in [0, 0.1) is 5.82 Å². The van der Waals surface area contributed by atoms with E-state index in [0.29, 0.717) is 17.9 Å². The molecule has 26 heavy (non-hydrogen) atoms. The van der Waals surface area contributed by atoms with Crippen molar-refractivity contribution in [3.8, 4) is 5.75 Å². The van der Waals surface area contributed by atoms with Crippen molar-refractivity contribution in [2.75, 3.05) is 7.05 Å². The summed E-state index contributed by atoms with van der Waals surface area (Å²) in [6.07, 6.45) is 1.50. The number of benzene rings is 2. The summed E-state index contributed by atoms with van der Waals surface area (Å²) in [5.74, 6) is -0.641. The second-order valence-corrected chi connectivity index (χ2v) is 6.05. The third kappa shape index (κ3) is 3.94. The van der Waals surface area contributed by atoms with E-state index in [9.17, 15) is 14.0 Å². The summed E-state index contributed by atoms with van der Waals surface area (Å²) in [5.41, 5.74) is 1.54. The minimum absolute atomic E-state index is 0.0149. The van der Waals surface area contributed by atoms with Crippen molar-refractivity contribution in [1.82, 2.24) is 10.2 Å². The molecule has 132 valence electrons. The van der Waals surface area contributed by atoms with Crippen LogP contribution in [-0.4, -0.2) is 28.9 Å². The largest absolute Gasteiger partial charge is 0.489 e. The number of rotatable bonds is 4.